The maximum absolute atomic E-state index is 13.7. The van der Waals surface area contributed by atoms with Gasteiger partial charge in [-0.05, 0) is 65.2 Å². The number of aromatic nitrogens is 4. The van der Waals surface area contributed by atoms with Gasteiger partial charge in [-0.1, -0.05) is 12.8 Å². The van der Waals surface area contributed by atoms with E-state index in [4.69, 9.17) is 14.5 Å². The number of fused-ring (bicyclic) bond motifs is 1. The van der Waals surface area contributed by atoms with Gasteiger partial charge >= 0.3 is 6.09 Å². The second kappa shape index (κ2) is 12.6. The molecule has 3 aromatic rings. The maximum Gasteiger partial charge on any atom is 0.410 e. The largest absolute Gasteiger partial charge is 0.444 e. The van der Waals surface area contributed by atoms with Crippen LogP contribution in [0.1, 0.15) is 70.5 Å². The number of piperazine rings is 1. The van der Waals surface area contributed by atoms with Gasteiger partial charge in [-0.2, -0.15) is 4.98 Å². The van der Waals surface area contributed by atoms with Gasteiger partial charge in [0.2, 0.25) is 5.95 Å². The minimum atomic E-state index is -0.505. The first-order chi connectivity index (χ1) is 20.1. The number of hydrogen-bond acceptors (Lipinski definition) is 9. The molecule has 0 spiro atoms. The van der Waals surface area contributed by atoms with Gasteiger partial charge in [-0.15, -0.1) is 0 Å². The van der Waals surface area contributed by atoms with Crippen molar-refractivity contribution < 1.29 is 14.3 Å². The summed E-state index contributed by atoms with van der Waals surface area (Å²) in [5, 5.41) is 4.12. The van der Waals surface area contributed by atoms with Crippen LogP contribution in [0.15, 0.2) is 29.3 Å². The Bertz CT molecular complexity index is 1450. The number of ether oxygens (including phenoxy) is 2. The van der Waals surface area contributed by atoms with Crippen molar-refractivity contribution in [2.24, 2.45) is 0 Å². The van der Waals surface area contributed by atoms with Crippen molar-refractivity contribution >= 4 is 34.6 Å². The van der Waals surface area contributed by atoms with Crippen LogP contribution in [0.2, 0.25) is 0 Å². The molecule has 226 valence electrons. The van der Waals surface area contributed by atoms with Crippen molar-refractivity contribution in [3.63, 3.8) is 0 Å². The zero-order valence-electron chi connectivity index (χ0n) is 25.5. The highest BCUT2D eigenvalue weighted by Gasteiger charge is 2.27. The molecular weight excluding hydrogens is 534 g/mol. The first-order valence-corrected chi connectivity index (χ1v) is 15.1. The first-order valence-electron chi connectivity index (χ1n) is 15.1. The fourth-order valence-corrected chi connectivity index (χ4v) is 5.80. The van der Waals surface area contributed by atoms with E-state index in [2.05, 4.69) is 20.2 Å². The molecule has 5 rings (SSSR count). The van der Waals surface area contributed by atoms with Gasteiger partial charge in [-0.25, -0.2) is 14.8 Å². The van der Waals surface area contributed by atoms with Gasteiger partial charge in [-0.3, -0.25) is 9.36 Å². The Kier molecular flexibility index (Phi) is 8.96. The summed E-state index contributed by atoms with van der Waals surface area (Å²) in [6.45, 7) is 13.3. The Morgan fingerprint density at radius 2 is 1.81 bits per heavy atom. The zero-order chi connectivity index (χ0) is 29.9. The summed E-state index contributed by atoms with van der Waals surface area (Å²) in [5.41, 5.74) is 2.89. The third-order valence-electron chi connectivity index (χ3n) is 8.01. The van der Waals surface area contributed by atoms with Crippen LogP contribution >= 0.6 is 0 Å². The summed E-state index contributed by atoms with van der Waals surface area (Å²) in [6, 6.07) is 4.04. The number of aryl methyl sites for hydroxylation is 1. The molecule has 0 radical (unpaired) electrons. The Balaban J connectivity index is 1.32. The van der Waals surface area contributed by atoms with Crippen molar-refractivity contribution in [3.8, 4) is 0 Å². The van der Waals surface area contributed by atoms with Crippen molar-refractivity contribution in [2.45, 2.75) is 78.4 Å². The summed E-state index contributed by atoms with van der Waals surface area (Å²) in [6.07, 6.45) is 8.12. The smallest absolute Gasteiger partial charge is 0.410 e. The lowest BCUT2D eigenvalue weighted by atomic mass is 10.0. The number of amides is 1. The third kappa shape index (κ3) is 6.67. The van der Waals surface area contributed by atoms with E-state index in [0.717, 1.165) is 47.9 Å². The highest BCUT2D eigenvalue weighted by molar-refractivity contribution is 5.80. The average molecular weight is 578 g/mol. The van der Waals surface area contributed by atoms with E-state index in [1.54, 1.807) is 4.90 Å². The molecule has 1 N–H and O–H groups in total. The van der Waals surface area contributed by atoms with Gasteiger partial charge in [0.1, 0.15) is 17.1 Å². The average Bonchev–Trinajstić information content (AvgIpc) is 3.49. The highest BCUT2D eigenvalue weighted by atomic mass is 16.6. The molecule has 11 heteroatoms. The Hall–Kier alpha value is -3.73. The molecule has 1 amide bonds. The van der Waals surface area contributed by atoms with E-state index in [1.807, 2.05) is 63.7 Å². The molecule has 0 atom stereocenters. The molecule has 2 aliphatic rings. The van der Waals surface area contributed by atoms with Gasteiger partial charge < -0.3 is 24.6 Å². The van der Waals surface area contributed by atoms with E-state index >= 15 is 0 Å². The van der Waals surface area contributed by atoms with Crippen LogP contribution in [0.5, 0.6) is 0 Å². The molecule has 1 aliphatic heterocycles. The standard InChI is InChI=1S/C31H43N7O4/c1-6-41-18-13-24-21(2)25-20-33-29(35-27(25)38(28(24)39)22-9-7-8-10-22)34-26-12-11-23(19-32-26)36-14-16-37(17-15-36)30(40)42-31(3,4)5/h11-12,19-20,22H,6-10,13-18H2,1-5H3,(H,32,33,34,35). The van der Waals surface area contributed by atoms with Gasteiger partial charge in [0.15, 0.2) is 0 Å². The zero-order valence-corrected chi connectivity index (χ0v) is 25.5. The van der Waals surface area contributed by atoms with Crippen LogP contribution in [0.3, 0.4) is 0 Å². The summed E-state index contributed by atoms with van der Waals surface area (Å²) in [5.74, 6) is 1.02. The number of nitrogens with one attached hydrogen (secondary N) is 1. The summed E-state index contributed by atoms with van der Waals surface area (Å²) in [4.78, 5) is 44.1. The molecule has 0 bridgehead atoms. The summed E-state index contributed by atoms with van der Waals surface area (Å²) < 4.78 is 13.0. The fraction of sp³-hybridized carbons (Fsp3) is 0.581. The Morgan fingerprint density at radius 3 is 2.45 bits per heavy atom. The lowest BCUT2D eigenvalue weighted by Gasteiger charge is -2.36. The van der Waals surface area contributed by atoms with Crippen LogP contribution < -0.4 is 15.8 Å². The molecule has 0 aromatic carbocycles. The molecule has 1 aliphatic carbocycles. The molecule has 2 fully saturated rings. The fourth-order valence-electron chi connectivity index (χ4n) is 5.80. The van der Waals surface area contributed by atoms with E-state index in [0.29, 0.717) is 63.2 Å². The van der Waals surface area contributed by atoms with Gasteiger partial charge in [0.25, 0.3) is 5.56 Å². The van der Waals surface area contributed by atoms with E-state index in [9.17, 15) is 9.59 Å². The normalized spacial score (nSPS) is 16.3. The van der Waals surface area contributed by atoms with Crippen LogP contribution in [0.25, 0.3) is 11.0 Å². The molecule has 3 aromatic heterocycles. The van der Waals surface area contributed by atoms with Gasteiger partial charge in [0.05, 0.1) is 18.5 Å². The second-order valence-electron chi connectivity index (χ2n) is 12.1. The Morgan fingerprint density at radius 1 is 1.07 bits per heavy atom. The van der Waals surface area contributed by atoms with Crippen molar-refractivity contribution in [1.29, 1.82) is 0 Å². The predicted octanol–water partition coefficient (Wildman–Crippen LogP) is 4.99. The van der Waals surface area contributed by atoms with Gasteiger partial charge in [0, 0.05) is 62.4 Å². The van der Waals surface area contributed by atoms with Crippen LogP contribution in [-0.2, 0) is 15.9 Å². The first kappa shape index (κ1) is 29.8. The molecule has 0 unspecified atom stereocenters. The number of anilines is 3. The minimum Gasteiger partial charge on any atom is -0.444 e. The number of carbonyl (C=O) groups is 1. The SMILES string of the molecule is CCOCCc1c(C)c2cnc(Nc3ccc(N4CCN(C(=O)OC(C)(C)C)CC4)cn3)nc2n(C2CCCC2)c1=O. The van der Waals surface area contributed by atoms with Crippen molar-refractivity contribution in [2.75, 3.05) is 49.6 Å². The molecule has 4 heterocycles. The quantitative estimate of drug-likeness (QED) is 0.370. The minimum absolute atomic E-state index is 0.0329. The predicted molar refractivity (Wildman–Crippen MR) is 164 cm³/mol. The van der Waals surface area contributed by atoms with Crippen molar-refractivity contribution in [3.05, 3.63) is 46.0 Å². The number of nitrogens with zero attached hydrogens (tertiary/aromatic N) is 6. The molecule has 1 saturated carbocycles. The van der Waals surface area contributed by atoms with Crippen LogP contribution in [0.4, 0.5) is 22.2 Å². The summed E-state index contributed by atoms with van der Waals surface area (Å²) in [7, 11) is 0. The molecule has 1 saturated heterocycles. The lowest BCUT2D eigenvalue weighted by molar-refractivity contribution is 0.0240. The maximum atomic E-state index is 13.7. The number of pyridine rings is 2. The highest BCUT2D eigenvalue weighted by Crippen LogP contribution is 2.32. The Labute approximate surface area is 247 Å². The van der Waals surface area contributed by atoms with E-state index in [1.165, 1.54) is 0 Å². The van der Waals surface area contributed by atoms with E-state index < -0.39 is 5.60 Å². The molecular formula is C31H43N7O4. The monoisotopic (exact) mass is 577 g/mol. The number of hydrogen-bond donors (Lipinski definition) is 1. The second-order valence-corrected chi connectivity index (χ2v) is 12.1. The van der Waals surface area contributed by atoms with Crippen molar-refractivity contribution in [1.82, 2.24) is 24.4 Å². The number of carbonyl (C=O) groups excluding carboxylic acids is 1. The number of rotatable bonds is 8. The van der Waals surface area contributed by atoms with Crippen LogP contribution in [-0.4, -0.2) is 75.5 Å². The molecule has 11 nitrogen and oxygen atoms in total. The molecule has 42 heavy (non-hydrogen) atoms. The van der Waals surface area contributed by atoms with Crippen LogP contribution in [0, 0.1) is 6.92 Å². The topological polar surface area (TPSA) is 115 Å². The third-order valence-corrected chi connectivity index (χ3v) is 8.01. The van der Waals surface area contributed by atoms with E-state index in [-0.39, 0.29) is 17.7 Å². The lowest BCUT2D eigenvalue weighted by Crippen LogP contribution is -2.50. The summed E-state index contributed by atoms with van der Waals surface area (Å²) >= 11 is 0.